The summed E-state index contributed by atoms with van der Waals surface area (Å²) in [7, 11) is 6.28. The maximum Gasteiger partial charge on any atom is 0.251 e. The minimum Gasteiger partial charge on any atom is -0.497 e. The minimum atomic E-state index is -0.163. The van der Waals surface area contributed by atoms with Gasteiger partial charge in [-0.2, -0.15) is 0 Å². The van der Waals surface area contributed by atoms with E-state index in [1.165, 1.54) is 19.8 Å². The topological polar surface area (TPSA) is 66.0 Å². The number of amides is 1. The Kier molecular flexibility index (Phi) is 6.52. The highest BCUT2D eigenvalue weighted by Crippen LogP contribution is 2.41. The summed E-state index contributed by atoms with van der Waals surface area (Å²) < 4.78 is 21.3. The van der Waals surface area contributed by atoms with Crippen LogP contribution in [0.25, 0.3) is 0 Å². The Morgan fingerprint density at radius 3 is 1.97 bits per heavy atom. The quantitative estimate of drug-likeness (QED) is 0.728. The number of hydrogen-bond donors (Lipinski definition) is 1. The third-order valence-electron chi connectivity index (χ3n) is 5.78. The van der Waals surface area contributed by atoms with Crippen LogP contribution in [-0.2, 0) is 5.41 Å². The number of benzene rings is 2. The Morgan fingerprint density at radius 2 is 1.48 bits per heavy atom. The van der Waals surface area contributed by atoms with Crippen LogP contribution in [0.15, 0.2) is 36.4 Å². The van der Waals surface area contributed by atoms with Crippen LogP contribution < -0.4 is 24.3 Å². The zero-order chi connectivity index (χ0) is 20.9. The smallest absolute Gasteiger partial charge is 0.251 e. The maximum atomic E-state index is 12.9. The molecule has 29 heavy (non-hydrogen) atoms. The molecule has 1 aliphatic rings. The van der Waals surface area contributed by atoms with Crippen molar-refractivity contribution in [2.45, 2.75) is 31.1 Å². The molecule has 3 rings (SSSR count). The fourth-order valence-electron chi connectivity index (χ4n) is 4.13. The molecule has 0 aliphatic heterocycles. The zero-order valence-electron chi connectivity index (χ0n) is 17.5. The second-order valence-electron chi connectivity index (χ2n) is 7.31. The zero-order valence-corrected chi connectivity index (χ0v) is 17.5. The molecule has 1 saturated carbocycles. The Balaban J connectivity index is 1.80. The van der Waals surface area contributed by atoms with Gasteiger partial charge in [0.15, 0.2) is 11.5 Å². The molecule has 1 amide bonds. The maximum absolute atomic E-state index is 12.9. The van der Waals surface area contributed by atoms with Gasteiger partial charge in [0.2, 0.25) is 5.75 Å². The summed E-state index contributed by atoms with van der Waals surface area (Å²) in [5.41, 5.74) is 1.66. The summed E-state index contributed by atoms with van der Waals surface area (Å²) in [5.74, 6) is 2.06. The molecule has 6 nitrogen and oxygen atoms in total. The Labute approximate surface area is 172 Å². The third-order valence-corrected chi connectivity index (χ3v) is 5.78. The van der Waals surface area contributed by atoms with E-state index < -0.39 is 0 Å². The fraction of sp³-hybridized carbons (Fsp3) is 0.435. The van der Waals surface area contributed by atoms with Crippen LogP contribution in [-0.4, -0.2) is 40.9 Å². The lowest BCUT2D eigenvalue weighted by molar-refractivity contribution is 0.0942. The summed E-state index contributed by atoms with van der Waals surface area (Å²) in [5, 5.41) is 3.13. The lowest BCUT2D eigenvalue weighted by atomic mass is 9.78. The second-order valence-corrected chi connectivity index (χ2v) is 7.31. The number of hydrogen-bond acceptors (Lipinski definition) is 5. The highest BCUT2D eigenvalue weighted by atomic mass is 16.5. The molecule has 1 N–H and O–H groups in total. The number of methoxy groups -OCH3 is 4. The van der Waals surface area contributed by atoms with E-state index in [9.17, 15) is 4.79 Å². The Hall–Kier alpha value is -2.89. The molecular formula is C23H29NO5. The molecule has 0 atom stereocenters. The van der Waals surface area contributed by atoms with Gasteiger partial charge in [-0.3, -0.25) is 4.79 Å². The van der Waals surface area contributed by atoms with Crippen molar-refractivity contribution in [1.82, 2.24) is 5.32 Å². The van der Waals surface area contributed by atoms with E-state index in [1.54, 1.807) is 26.4 Å². The molecule has 0 spiro atoms. The molecule has 2 aromatic rings. The SMILES string of the molecule is COc1ccc(C2(CNC(=O)c3cc(OC)c(OC)c(OC)c3)CCCC2)cc1. The van der Waals surface area contributed by atoms with Gasteiger partial charge in [0.1, 0.15) is 5.75 Å². The van der Waals surface area contributed by atoms with Crippen LogP contribution in [0.1, 0.15) is 41.6 Å². The van der Waals surface area contributed by atoms with Crippen molar-refractivity contribution in [3.8, 4) is 23.0 Å². The van der Waals surface area contributed by atoms with Gasteiger partial charge in [-0.15, -0.1) is 0 Å². The van der Waals surface area contributed by atoms with Crippen LogP contribution >= 0.6 is 0 Å². The first-order chi connectivity index (χ1) is 14.1. The summed E-state index contributed by atoms with van der Waals surface area (Å²) in [6.45, 7) is 0.578. The molecule has 0 bridgehead atoms. The molecule has 0 aromatic heterocycles. The van der Waals surface area contributed by atoms with E-state index in [4.69, 9.17) is 18.9 Å². The molecule has 6 heteroatoms. The summed E-state index contributed by atoms with van der Waals surface area (Å²) in [6, 6.07) is 11.5. The van der Waals surface area contributed by atoms with Gasteiger partial charge in [-0.1, -0.05) is 25.0 Å². The van der Waals surface area contributed by atoms with E-state index in [2.05, 4.69) is 17.4 Å². The van der Waals surface area contributed by atoms with Gasteiger partial charge in [-0.25, -0.2) is 0 Å². The average Bonchev–Trinajstić information content (AvgIpc) is 3.26. The predicted octanol–water partition coefficient (Wildman–Crippen LogP) is 3.96. The summed E-state index contributed by atoms with van der Waals surface area (Å²) >= 11 is 0. The van der Waals surface area contributed by atoms with E-state index in [0.29, 0.717) is 29.4 Å². The van der Waals surface area contributed by atoms with Crippen molar-refractivity contribution >= 4 is 5.91 Å². The highest BCUT2D eigenvalue weighted by Gasteiger charge is 2.36. The van der Waals surface area contributed by atoms with E-state index in [0.717, 1.165) is 31.4 Å². The number of ether oxygens (including phenoxy) is 4. The molecule has 156 valence electrons. The average molecular weight is 399 g/mol. The normalized spacial score (nSPS) is 14.9. The lowest BCUT2D eigenvalue weighted by Crippen LogP contribution is -2.39. The van der Waals surface area contributed by atoms with Gasteiger partial charge in [-0.05, 0) is 42.7 Å². The van der Waals surface area contributed by atoms with E-state index >= 15 is 0 Å². The predicted molar refractivity (Wildman–Crippen MR) is 112 cm³/mol. The van der Waals surface area contributed by atoms with Crippen LogP contribution in [0, 0.1) is 0 Å². The largest absolute Gasteiger partial charge is 0.497 e. The molecule has 0 radical (unpaired) electrons. The van der Waals surface area contributed by atoms with Gasteiger partial charge in [0, 0.05) is 17.5 Å². The van der Waals surface area contributed by atoms with Crippen molar-refractivity contribution in [2.75, 3.05) is 35.0 Å². The van der Waals surface area contributed by atoms with Crippen molar-refractivity contribution in [1.29, 1.82) is 0 Å². The third kappa shape index (κ3) is 4.26. The fourth-order valence-corrected chi connectivity index (χ4v) is 4.13. The van der Waals surface area contributed by atoms with Gasteiger partial charge >= 0.3 is 0 Å². The first kappa shape index (κ1) is 20.8. The number of nitrogens with one attached hydrogen (secondary N) is 1. The Bertz CT molecular complexity index is 816. The molecule has 1 fully saturated rings. The number of carbonyl (C=O) groups is 1. The highest BCUT2D eigenvalue weighted by molar-refractivity contribution is 5.95. The van der Waals surface area contributed by atoms with Crippen molar-refractivity contribution in [3.63, 3.8) is 0 Å². The lowest BCUT2D eigenvalue weighted by Gasteiger charge is -2.30. The van der Waals surface area contributed by atoms with Gasteiger partial charge < -0.3 is 24.3 Å². The number of carbonyl (C=O) groups excluding carboxylic acids is 1. The first-order valence-electron chi connectivity index (χ1n) is 9.79. The summed E-state index contributed by atoms with van der Waals surface area (Å²) in [6.07, 6.45) is 4.42. The molecule has 0 heterocycles. The second kappa shape index (κ2) is 9.07. The monoisotopic (exact) mass is 399 g/mol. The van der Waals surface area contributed by atoms with E-state index in [-0.39, 0.29) is 11.3 Å². The summed E-state index contributed by atoms with van der Waals surface area (Å²) in [4.78, 5) is 12.9. The first-order valence-corrected chi connectivity index (χ1v) is 9.79. The van der Waals surface area contributed by atoms with Crippen molar-refractivity contribution in [2.24, 2.45) is 0 Å². The molecular weight excluding hydrogens is 370 g/mol. The standard InChI is InChI=1S/C23H29NO5/c1-26-18-9-7-17(8-10-18)23(11-5-6-12-23)15-24-22(25)16-13-19(27-2)21(29-4)20(14-16)28-3/h7-10,13-14H,5-6,11-12,15H2,1-4H3,(H,24,25). The molecule has 2 aromatic carbocycles. The van der Waals surface area contributed by atoms with Gasteiger partial charge in [0.25, 0.3) is 5.91 Å². The van der Waals surface area contributed by atoms with Crippen molar-refractivity contribution < 1.29 is 23.7 Å². The minimum absolute atomic E-state index is 0.0530. The van der Waals surface area contributed by atoms with Crippen LogP contribution in [0.3, 0.4) is 0 Å². The molecule has 0 unspecified atom stereocenters. The van der Waals surface area contributed by atoms with Crippen LogP contribution in [0.4, 0.5) is 0 Å². The molecule has 1 aliphatic carbocycles. The van der Waals surface area contributed by atoms with Crippen molar-refractivity contribution in [3.05, 3.63) is 47.5 Å². The van der Waals surface area contributed by atoms with Crippen LogP contribution in [0.2, 0.25) is 0 Å². The van der Waals surface area contributed by atoms with Crippen LogP contribution in [0.5, 0.6) is 23.0 Å². The van der Waals surface area contributed by atoms with E-state index in [1.807, 2.05) is 12.1 Å². The van der Waals surface area contributed by atoms with Gasteiger partial charge in [0.05, 0.1) is 28.4 Å². The number of rotatable bonds is 8. The molecule has 0 saturated heterocycles. The Morgan fingerprint density at radius 1 is 0.897 bits per heavy atom.